The van der Waals surface area contributed by atoms with Gasteiger partial charge in [-0.2, -0.15) is 0 Å². The van der Waals surface area contributed by atoms with E-state index in [1.165, 1.54) is 19.5 Å². The Bertz CT molecular complexity index is 89.9. The van der Waals surface area contributed by atoms with E-state index < -0.39 is 0 Å². The number of halogens is 1. The van der Waals surface area contributed by atoms with E-state index in [1.807, 2.05) is 0 Å². The van der Waals surface area contributed by atoms with Gasteiger partial charge in [-0.3, -0.25) is 0 Å². The molecule has 10 heavy (non-hydrogen) atoms. The van der Waals surface area contributed by atoms with Gasteiger partial charge in [-0.05, 0) is 30.8 Å². The molecule has 0 unspecified atom stereocenters. The minimum absolute atomic E-state index is 0. The first-order chi connectivity index (χ1) is 4.11. The molecule has 1 atom stereocenters. The molecule has 0 aromatic heterocycles. The summed E-state index contributed by atoms with van der Waals surface area (Å²) in [5, 5.41) is 3.38. The van der Waals surface area contributed by atoms with Crippen LogP contribution >= 0.6 is 12.4 Å². The third-order valence-corrected chi connectivity index (χ3v) is 2.29. The van der Waals surface area contributed by atoms with Crippen LogP contribution in [0.25, 0.3) is 0 Å². The molecule has 1 heterocycles. The highest BCUT2D eigenvalue weighted by atomic mass is 35.5. The normalized spacial score (nSPS) is 26.1. The lowest BCUT2D eigenvalue weighted by Gasteiger charge is -2.25. The van der Waals surface area contributed by atoms with Gasteiger partial charge in [-0.1, -0.05) is 20.8 Å². The van der Waals surface area contributed by atoms with E-state index in [0.29, 0.717) is 5.41 Å². The maximum atomic E-state index is 3.38. The van der Waals surface area contributed by atoms with Crippen LogP contribution < -0.4 is 5.32 Å². The van der Waals surface area contributed by atoms with E-state index >= 15 is 0 Å². The highest BCUT2D eigenvalue weighted by molar-refractivity contribution is 5.85. The Balaban J connectivity index is 0.000000810. The van der Waals surface area contributed by atoms with E-state index in [0.717, 1.165) is 5.92 Å². The Morgan fingerprint density at radius 1 is 1.30 bits per heavy atom. The van der Waals surface area contributed by atoms with Crippen LogP contribution in [0, 0.1) is 11.3 Å². The summed E-state index contributed by atoms with van der Waals surface area (Å²) in [4.78, 5) is 0. The summed E-state index contributed by atoms with van der Waals surface area (Å²) in [6, 6.07) is 0. The first kappa shape index (κ1) is 10.2. The zero-order valence-electron chi connectivity index (χ0n) is 7.11. The summed E-state index contributed by atoms with van der Waals surface area (Å²) in [6.45, 7) is 9.42. The quantitative estimate of drug-likeness (QED) is 0.577. The molecule has 1 saturated heterocycles. The predicted molar refractivity (Wildman–Crippen MR) is 47.7 cm³/mol. The van der Waals surface area contributed by atoms with E-state index in [1.54, 1.807) is 0 Å². The summed E-state index contributed by atoms with van der Waals surface area (Å²) in [6.07, 6.45) is 1.36. The van der Waals surface area contributed by atoms with Crippen LogP contribution in [0.2, 0.25) is 0 Å². The highest BCUT2D eigenvalue weighted by Gasteiger charge is 2.26. The Labute approximate surface area is 70.0 Å². The zero-order valence-corrected chi connectivity index (χ0v) is 7.92. The molecule has 0 radical (unpaired) electrons. The molecular formula is C8H18ClN. The molecule has 1 fully saturated rings. The Morgan fingerprint density at radius 2 is 1.90 bits per heavy atom. The third kappa shape index (κ3) is 2.47. The molecule has 1 rings (SSSR count). The van der Waals surface area contributed by atoms with Gasteiger partial charge in [0.2, 0.25) is 0 Å². The van der Waals surface area contributed by atoms with Crippen LogP contribution in [0.4, 0.5) is 0 Å². The second-order valence-corrected chi connectivity index (χ2v) is 4.06. The van der Waals surface area contributed by atoms with Gasteiger partial charge < -0.3 is 5.32 Å². The van der Waals surface area contributed by atoms with Crippen LogP contribution in [0.3, 0.4) is 0 Å². The topological polar surface area (TPSA) is 12.0 Å². The number of hydrogen-bond donors (Lipinski definition) is 1. The second-order valence-electron chi connectivity index (χ2n) is 4.06. The van der Waals surface area contributed by atoms with Crippen LogP contribution in [0.1, 0.15) is 27.2 Å². The van der Waals surface area contributed by atoms with E-state index in [4.69, 9.17) is 0 Å². The van der Waals surface area contributed by atoms with Crippen molar-refractivity contribution in [3.63, 3.8) is 0 Å². The van der Waals surface area contributed by atoms with E-state index in [9.17, 15) is 0 Å². The minimum Gasteiger partial charge on any atom is -0.316 e. The highest BCUT2D eigenvalue weighted by Crippen LogP contribution is 2.29. The monoisotopic (exact) mass is 163 g/mol. The van der Waals surface area contributed by atoms with Crippen LogP contribution in [-0.4, -0.2) is 13.1 Å². The van der Waals surface area contributed by atoms with Gasteiger partial charge in [-0.15, -0.1) is 12.4 Å². The van der Waals surface area contributed by atoms with Crippen molar-refractivity contribution in [3.8, 4) is 0 Å². The van der Waals surface area contributed by atoms with Crippen molar-refractivity contribution in [1.82, 2.24) is 5.32 Å². The lowest BCUT2D eigenvalue weighted by atomic mass is 9.80. The molecule has 1 aliphatic rings. The molecule has 0 bridgehead atoms. The Morgan fingerprint density at radius 3 is 2.10 bits per heavy atom. The molecule has 1 aliphatic heterocycles. The number of nitrogens with one attached hydrogen (secondary N) is 1. The summed E-state index contributed by atoms with van der Waals surface area (Å²) in [7, 11) is 0. The standard InChI is InChI=1S/C8H17N.ClH/c1-8(2,3)7-4-5-9-6-7;/h7,9H,4-6H2,1-3H3;1H/t7-;/m1./s1. The van der Waals surface area contributed by atoms with Crippen molar-refractivity contribution in [1.29, 1.82) is 0 Å². The van der Waals surface area contributed by atoms with E-state index in [2.05, 4.69) is 26.1 Å². The first-order valence-corrected chi connectivity index (χ1v) is 3.81. The molecule has 0 spiro atoms. The molecular weight excluding hydrogens is 146 g/mol. The maximum Gasteiger partial charge on any atom is -0.00150 e. The average Bonchev–Trinajstić information content (AvgIpc) is 2.08. The SMILES string of the molecule is CC(C)(C)[C@@H]1CCNC1.Cl. The van der Waals surface area contributed by atoms with Gasteiger partial charge in [-0.25, -0.2) is 0 Å². The number of hydrogen-bond acceptors (Lipinski definition) is 1. The van der Waals surface area contributed by atoms with Crippen molar-refractivity contribution in [2.75, 3.05) is 13.1 Å². The van der Waals surface area contributed by atoms with Crippen molar-refractivity contribution in [2.24, 2.45) is 11.3 Å². The van der Waals surface area contributed by atoms with Gasteiger partial charge in [0.15, 0.2) is 0 Å². The number of rotatable bonds is 0. The van der Waals surface area contributed by atoms with Gasteiger partial charge in [0.05, 0.1) is 0 Å². The van der Waals surface area contributed by atoms with Gasteiger partial charge in [0.1, 0.15) is 0 Å². The molecule has 62 valence electrons. The summed E-state index contributed by atoms with van der Waals surface area (Å²) in [5.41, 5.74) is 0.517. The zero-order chi connectivity index (χ0) is 6.91. The second kappa shape index (κ2) is 3.59. The van der Waals surface area contributed by atoms with Crippen LogP contribution in [-0.2, 0) is 0 Å². The fraction of sp³-hybridized carbons (Fsp3) is 1.00. The molecule has 0 aliphatic carbocycles. The van der Waals surface area contributed by atoms with Crippen molar-refractivity contribution < 1.29 is 0 Å². The molecule has 0 aromatic rings. The Kier molecular flexibility index (Phi) is 3.68. The fourth-order valence-corrected chi connectivity index (χ4v) is 1.39. The third-order valence-electron chi connectivity index (χ3n) is 2.29. The first-order valence-electron chi connectivity index (χ1n) is 3.81. The lowest BCUT2D eigenvalue weighted by molar-refractivity contribution is 0.261. The molecule has 2 heteroatoms. The minimum atomic E-state index is 0. The van der Waals surface area contributed by atoms with Crippen LogP contribution in [0.5, 0.6) is 0 Å². The van der Waals surface area contributed by atoms with Crippen molar-refractivity contribution in [2.45, 2.75) is 27.2 Å². The van der Waals surface area contributed by atoms with Crippen molar-refractivity contribution >= 4 is 12.4 Å². The smallest absolute Gasteiger partial charge is 0.00150 e. The van der Waals surface area contributed by atoms with E-state index in [-0.39, 0.29) is 12.4 Å². The molecule has 1 N–H and O–H groups in total. The molecule has 0 saturated carbocycles. The van der Waals surface area contributed by atoms with Crippen LogP contribution in [0.15, 0.2) is 0 Å². The average molecular weight is 164 g/mol. The fourth-order valence-electron chi connectivity index (χ4n) is 1.39. The van der Waals surface area contributed by atoms with Crippen molar-refractivity contribution in [3.05, 3.63) is 0 Å². The van der Waals surface area contributed by atoms with Gasteiger partial charge >= 0.3 is 0 Å². The summed E-state index contributed by atoms with van der Waals surface area (Å²) < 4.78 is 0. The Hall–Kier alpha value is 0.250. The largest absolute Gasteiger partial charge is 0.316 e. The molecule has 1 nitrogen and oxygen atoms in total. The lowest BCUT2D eigenvalue weighted by Crippen LogP contribution is -2.22. The summed E-state index contributed by atoms with van der Waals surface area (Å²) in [5.74, 6) is 0.900. The van der Waals surface area contributed by atoms with Gasteiger partial charge in [0.25, 0.3) is 0 Å². The maximum absolute atomic E-state index is 3.38. The molecule has 0 amide bonds. The van der Waals surface area contributed by atoms with Gasteiger partial charge in [0, 0.05) is 0 Å². The molecule has 0 aromatic carbocycles. The summed E-state index contributed by atoms with van der Waals surface area (Å²) >= 11 is 0. The predicted octanol–water partition coefficient (Wildman–Crippen LogP) is 2.06.